The highest BCUT2D eigenvalue weighted by Gasteiger charge is 2.06. The van der Waals surface area contributed by atoms with Crippen LogP contribution in [0.5, 0.6) is 0 Å². The lowest BCUT2D eigenvalue weighted by atomic mass is 10.1. The fourth-order valence-electron chi connectivity index (χ4n) is 2.18. The summed E-state index contributed by atoms with van der Waals surface area (Å²) in [5, 5.41) is 15.0. The molecule has 0 atom stereocenters. The van der Waals surface area contributed by atoms with E-state index < -0.39 is 0 Å². The second kappa shape index (κ2) is 11.1. The lowest BCUT2D eigenvalue weighted by molar-refractivity contribution is 0.572. The van der Waals surface area contributed by atoms with Crippen molar-refractivity contribution in [2.75, 3.05) is 6.54 Å². The lowest BCUT2D eigenvalue weighted by Crippen LogP contribution is -2.38. The Morgan fingerprint density at radius 1 is 1.16 bits per heavy atom. The molecule has 0 radical (unpaired) electrons. The van der Waals surface area contributed by atoms with Gasteiger partial charge in [-0.1, -0.05) is 44.2 Å². The largest absolute Gasteiger partial charge is 0.356 e. The molecule has 0 spiro atoms. The first-order chi connectivity index (χ1) is 11.6. The normalized spacial score (nSPS) is 11.3. The molecule has 0 unspecified atom stereocenters. The Labute approximate surface area is 167 Å². The second-order valence-corrected chi connectivity index (χ2v) is 6.34. The Bertz CT molecular complexity index is 651. The minimum atomic E-state index is 0. The zero-order chi connectivity index (χ0) is 17.4. The number of nitrogens with zero attached hydrogens (tertiary/aromatic N) is 4. The first kappa shape index (κ1) is 21.4. The predicted octanol–water partition coefficient (Wildman–Crippen LogP) is 3.02. The van der Waals surface area contributed by atoms with Crippen molar-refractivity contribution in [2.24, 2.45) is 18.0 Å². The molecule has 0 fully saturated rings. The van der Waals surface area contributed by atoms with Crippen LogP contribution in [0.2, 0.25) is 0 Å². The molecule has 6 nitrogen and oxygen atoms in total. The zero-order valence-corrected chi connectivity index (χ0v) is 17.8. The SMILES string of the molecule is Cc1nnc(CNC(=NCc2ccccc2)NCCC(C)C)n1C.I. The number of hydrogen-bond acceptors (Lipinski definition) is 3. The van der Waals surface area contributed by atoms with Crippen molar-refractivity contribution in [1.82, 2.24) is 25.4 Å². The smallest absolute Gasteiger partial charge is 0.191 e. The van der Waals surface area contributed by atoms with Crippen LogP contribution in [0.1, 0.15) is 37.5 Å². The predicted molar refractivity (Wildman–Crippen MR) is 113 cm³/mol. The number of aryl methyl sites for hydroxylation is 1. The number of rotatable bonds is 7. The van der Waals surface area contributed by atoms with Crippen LogP contribution in [0.25, 0.3) is 0 Å². The monoisotopic (exact) mass is 456 g/mol. The molecule has 2 rings (SSSR count). The molecule has 0 saturated heterocycles. The van der Waals surface area contributed by atoms with E-state index in [2.05, 4.69) is 51.8 Å². The molecule has 2 N–H and O–H groups in total. The summed E-state index contributed by atoms with van der Waals surface area (Å²) < 4.78 is 1.98. The van der Waals surface area contributed by atoms with Gasteiger partial charge in [-0.3, -0.25) is 0 Å². The van der Waals surface area contributed by atoms with E-state index in [0.29, 0.717) is 19.0 Å². The van der Waals surface area contributed by atoms with E-state index in [1.54, 1.807) is 0 Å². The van der Waals surface area contributed by atoms with Crippen LogP contribution >= 0.6 is 24.0 Å². The summed E-state index contributed by atoms with van der Waals surface area (Å²) in [6.45, 7) is 8.53. The first-order valence-corrected chi connectivity index (χ1v) is 8.47. The fourth-order valence-corrected chi connectivity index (χ4v) is 2.18. The van der Waals surface area contributed by atoms with Gasteiger partial charge in [0.2, 0.25) is 0 Å². The first-order valence-electron chi connectivity index (χ1n) is 8.47. The second-order valence-electron chi connectivity index (χ2n) is 6.34. The average molecular weight is 456 g/mol. The van der Waals surface area contributed by atoms with Crippen LogP contribution in [0, 0.1) is 12.8 Å². The van der Waals surface area contributed by atoms with Crippen molar-refractivity contribution >= 4 is 29.9 Å². The van der Waals surface area contributed by atoms with Crippen LogP contribution in [0.15, 0.2) is 35.3 Å². The van der Waals surface area contributed by atoms with Gasteiger partial charge in [-0.15, -0.1) is 34.2 Å². The van der Waals surface area contributed by atoms with Gasteiger partial charge in [0, 0.05) is 13.6 Å². The maximum absolute atomic E-state index is 4.68. The highest BCUT2D eigenvalue weighted by Crippen LogP contribution is 2.01. The molecule has 0 aliphatic carbocycles. The Hall–Kier alpha value is -1.64. The molecule has 0 aliphatic heterocycles. The number of hydrogen-bond donors (Lipinski definition) is 2. The van der Waals surface area contributed by atoms with E-state index >= 15 is 0 Å². The Morgan fingerprint density at radius 2 is 1.88 bits per heavy atom. The number of aliphatic imine (C=N–C) groups is 1. The summed E-state index contributed by atoms with van der Waals surface area (Å²) in [5.74, 6) is 3.27. The molecule has 1 aromatic carbocycles. The van der Waals surface area contributed by atoms with Crippen molar-refractivity contribution in [3.63, 3.8) is 0 Å². The molecule has 7 heteroatoms. The summed E-state index contributed by atoms with van der Waals surface area (Å²) in [6.07, 6.45) is 1.11. The van der Waals surface area contributed by atoms with Gasteiger partial charge in [-0.2, -0.15) is 0 Å². The van der Waals surface area contributed by atoms with E-state index in [1.807, 2.05) is 36.7 Å². The molecule has 25 heavy (non-hydrogen) atoms. The van der Waals surface area contributed by atoms with Gasteiger partial charge in [0.25, 0.3) is 0 Å². The minimum absolute atomic E-state index is 0. The number of aromatic nitrogens is 3. The van der Waals surface area contributed by atoms with E-state index in [-0.39, 0.29) is 24.0 Å². The Morgan fingerprint density at radius 3 is 2.48 bits per heavy atom. The highest BCUT2D eigenvalue weighted by atomic mass is 127. The van der Waals surface area contributed by atoms with E-state index in [0.717, 1.165) is 30.6 Å². The summed E-state index contributed by atoms with van der Waals surface area (Å²) in [5.41, 5.74) is 1.19. The van der Waals surface area contributed by atoms with Crippen LogP contribution in [-0.4, -0.2) is 27.3 Å². The van der Waals surface area contributed by atoms with Gasteiger partial charge in [-0.25, -0.2) is 4.99 Å². The Balaban J connectivity index is 0.00000312. The van der Waals surface area contributed by atoms with Crippen LogP contribution < -0.4 is 10.6 Å². The van der Waals surface area contributed by atoms with Crippen molar-refractivity contribution in [2.45, 2.75) is 40.3 Å². The maximum Gasteiger partial charge on any atom is 0.191 e. The number of halogens is 1. The third kappa shape index (κ3) is 7.41. The summed E-state index contributed by atoms with van der Waals surface area (Å²) in [4.78, 5) is 4.68. The quantitative estimate of drug-likeness (QED) is 0.382. The molecule has 0 bridgehead atoms. The van der Waals surface area contributed by atoms with Crippen LogP contribution in [0.4, 0.5) is 0 Å². The molecule has 0 saturated carbocycles. The van der Waals surface area contributed by atoms with Crippen molar-refractivity contribution < 1.29 is 0 Å². The summed E-state index contributed by atoms with van der Waals surface area (Å²) in [7, 11) is 1.97. The average Bonchev–Trinajstić information content (AvgIpc) is 2.89. The Kier molecular flexibility index (Phi) is 9.48. The van der Waals surface area contributed by atoms with Gasteiger partial charge < -0.3 is 15.2 Å². The summed E-state index contributed by atoms with van der Waals surface area (Å²) in [6, 6.07) is 10.3. The van der Waals surface area contributed by atoms with Gasteiger partial charge >= 0.3 is 0 Å². The third-order valence-electron chi connectivity index (χ3n) is 3.87. The zero-order valence-electron chi connectivity index (χ0n) is 15.5. The molecule has 0 amide bonds. The molecular weight excluding hydrogens is 427 g/mol. The molecule has 0 aliphatic rings. The number of guanidine groups is 1. The lowest BCUT2D eigenvalue weighted by Gasteiger charge is -2.13. The fraction of sp³-hybridized carbons (Fsp3) is 0.500. The topological polar surface area (TPSA) is 67.1 Å². The molecule has 138 valence electrons. The van der Waals surface area contributed by atoms with Gasteiger partial charge in [-0.05, 0) is 24.8 Å². The number of benzene rings is 1. The van der Waals surface area contributed by atoms with E-state index in [9.17, 15) is 0 Å². The van der Waals surface area contributed by atoms with Gasteiger partial charge in [0.1, 0.15) is 5.82 Å². The summed E-state index contributed by atoms with van der Waals surface area (Å²) >= 11 is 0. The molecule has 1 aromatic heterocycles. The highest BCUT2D eigenvalue weighted by molar-refractivity contribution is 14.0. The van der Waals surface area contributed by atoms with Gasteiger partial charge in [0.05, 0.1) is 13.1 Å². The van der Waals surface area contributed by atoms with Gasteiger partial charge in [0.15, 0.2) is 11.8 Å². The van der Waals surface area contributed by atoms with Crippen molar-refractivity contribution in [1.29, 1.82) is 0 Å². The van der Waals surface area contributed by atoms with E-state index in [1.165, 1.54) is 5.56 Å². The number of nitrogens with one attached hydrogen (secondary N) is 2. The molecule has 2 aromatic rings. The van der Waals surface area contributed by atoms with Crippen molar-refractivity contribution in [3.05, 3.63) is 47.5 Å². The molecule has 1 heterocycles. The van der Waals surface area contributed by atoms with Crippen LogP contribution in [-0.2, 0) is 20.1 Å². The minimum Gasteiger partial charge on any atom is -0.356 e. The maximum atomic E-state index is 4.68. The third-order valence-corrected chi connectivity index (χ3v) is 3.87. The van der Waals surface area contributed by atoms with E-state index in [4.69, 9.17) is 0 Å². The van der Waals surface area contributed by atoms with Crippen LogP contribution in [0.3, 0.4) is 0 Å². The van der Waals surface area contributed by atoms with Crippen molar-refractivity contribution in [3.8, 4) is 0 Å². The standard InChI is InChI=1S/C18H28N6.HI/c1-14(2)10-11-19-18(20-12-16-8-6-5-7-9-16)21-13-17-23-22-15(3)24(17)4;/h5-9,14H,10-13H2,1-4H3,(H2,19,20,21);1H. The molecular formula is C18H29IN6.